The third-order valence-corrected chi connectivity index (χ3v) is 8.32. The summed E-state index contributed by atoms with van der Waals surface area (Å²) in [6.45, 7) is 2.93. The van der Waals surface area contributed by atoms with Crippen LogP contribution in [-0.2, 0) is 27.9 Å². The highest BCUT2D eigenvalue weighted by Gasteiger charge is 2.26. The Hall–Kier alpha value is -3.40. The first-order valence-electron chi connectivity index (χ1n) is 20.2. The first-order chi connectivity index (χ1) is 27.3. The SMILES string of the molecule is CC/C=C\C/C=C\C/C=C\C/C=C\C/C=C\C/C=C\CCCOCC(COP(=O)(O)OCC(O)CO)OC(=O)C/C=C\C/C=C\C/C=C\C/C=C\C/C=C\CC. The van der Waals surface area contributed by atoms with E-state index in [1.165, 1.54) is 0 Å². The summed E-state index contributed by atoms with van der Waals surface area (Å²) < 4.78 is 33.1. The molecule has 0 bridgehead atoms. The van der Waals surface area contributed by atoms with Crippen molar-refractivity contribution >= 4 is 13.8 Å². The van der Waals surface area contributed by atoms with Crippen molar-refractivity contribution in [1.82, 2.24) is 0 Å². The van der Waals surface area contributed by atoms with Gasteiger partial charge in [0.15, 0.2) is 0 Å². The summed E-state index contributed by atoms with van der Waals surface area (Å²) in [5, 5.41) is 18.3. The van der Waals surface area contributed by atoms with Crippen LogP contribution in [0.3, 0.4) is 0 Å². The molecule has 10 heteroatoms. The lowest BCUT2D eigenvalue weighted by molar-refractivity contribution is -0.153. The van der Waals surface area contributed by atoms with E-state index in [2.05, 4.69) is 129 Å². The fourth-order valence-electron chi connectivity index (χ4n) is 4.39. The summed E-state index contributed by atoms with van der Waals surface area (Å²) in [5.41, 5.74) is 0. The number of rotatable bonds is 36. The number of hydrogen-bond donors (Lipinski definition) is 3. The zero-order valence-electron chi connectivity index (χ0n) is 34.0. The Bertz CT molecular complexity index is 1320. The van der Waals surface area contributed by atoms with E-state index in [9.17, 15) is 19.4 Å². The van der Waals surface area contributed by atoms with Gasteiger partial charge in [0.1, 0.15) is 12.2 Å². The van der Waals surface area contributed by atoms with E-state index in [1.807, 2.05) is 12.2 Å². The van der Waals surface area contributed by atoms with Crippen molar-refractivity contribution in [2.45, 2.75) is 116 Å². The molecular weight excluding hydrogens is 727 g/mol. The van der Waals surface area contributed by atoms with E-state index >= 15 is 0 Å². The van der Waals surface area contributed by atoms with Gasteiger partial charge in [-0.05, 0) is 83.5 Å². The van der Waals surface area contributed by atoms with Crippen molar-refractivity contribution in [2.24, 2.45) is 0 Å². The highest BCUT2D eigenvalue weighted by atomic mass is 31.2. The number of unbranched alkanes of at least 4 members (excludes halogenated alkanes) is 1. The van der Waals surface area contributed by atoms with Gasteiger partial charge < -0.3 is 24.6 Å². The van der Waals surface area contributed by atoms with E-state index in [0.717, 1.165) is 77.0 Å². The summed E-state index contributed by atoms with van der Waals surface area (Å²) in [6.07, 6.45) is 56.0. The maximum absolute atomic E-state index is 12.5. The Morgan fingerprint density at radius 3 is 1.34 bits per heavy atom. The van der Waals surface area contributed by atoms with Crippen LogP contribution in [0.15, 0.2) is 134 Å². The molecule has 56 heavy (non-hydrogen) atoms. The average molecular weight is 799 g/mol. The Balaban J connectivity index is 4.48. The minimum atomic E-state index is -4.57. The van der Waals surface area contributed by atoms with Crippen LogP contribution >= 0.6 is 7.82 Å². The lowest BCUT2D eigenvalue weighted by atomic mass is 10.2. The number of ether oxygens (including phenoxy) is 2. The second kappa shape index (κ2) is 41.2. The predicted molar refractivity (Wildman–Crippen MR) is 232 cm³/mol. The molecule has 0 aliphatic rings. The molecule has 0 fully saturated rings. The van der Waals surface area contributed by atoms with Crippen LogP contribution in [0.5, 0.6) is 0 Å². The quantitative estimate of drug-likeness (QED) is 0.0245. The molecule has 0 saturated carbocycles. The number of phosphoric acid groups is 1. The molecule has 3 unspecified atom stereocenters. The zero-order valence-corrected chi connectivity index (χ0v) is 34.9. The normalized spacial score (nSPS) is 15.4. The smallest absolute Gasteiger partial charge is 0.457 e. The van der Waals surface area contributed by atoms with Gasteiger partial charge in [-0.15, -0.1) is 0 Å². The Morgan fingerprint density at radius 2 is 0.929 bits per heavy atom. The number of allylic oxidation sites excluding steroid dienone is 21. The van der Waals surface area contributed by atoms with E-state index in [4.69, 9.17) is 23.6 Å². The molecule has 0 aliphatic carbocycles. The van der Waals surface area contributed by atoms with Gasteiger partial charge >= 0.3 is 13.8 Å². The molecule has 0 radical (unpaired) electrons. The Kier molecular flexibility index (Phi) is 38.7. The molecule has 0 aromatic heterocycles. The van der Waals surface area contributed by atoms with Gasteiger partial charge in [0, 0.05) is 6.61 Å². The maximum atomic E-state index is 12.5. The third kappa shape index (κ3) is 40.3. The maximum Gasteiger partial charge on any atom is 0.472 e. The lowest BCUT2D eigenvalue weighted by Crippen LogP contribution is -2.28. The molecule has 0 amide bonds. The van der Waals surface area contributed by atoms with Crippen LogP contribution in [0.1, 0.15) is 104 Å². The molecule has 0 spiro atoms. The van der Waals surface area contributed by atoms with Crippen molar-refractivity contribution in [3.63, 3.8) is 0 Å². The van der Waals surface area contributed by atoms with Gasteiger partial charge in [-0.2, -0.15) is 0 Å². The Labute approximate surface area is 338 Å². The van der Waals surface area contributed by atoms with Gasteiger partial charge in [0.25, 0.3) is 0 Å². The summed E-state index contributed by atoms with van der Waals surface area (Å²) in [7, 11) is -4.57. The highest BCUT2D eigenvalue weighted by Crippen LogP contribution is 2.43. The molecule has 0 aromatic carbocycles. The van der Waals surface area contributed by atoms with E-state index < -0.39 is 45.8 Å². The fourth-order valence-corrected chi connectivity index (χ4v) is 5.18. The van der Waals surface area contributed by atoms with Crippen molar-refractivity contribution in [3.8, 4) is 0 Å². The standard InChI is InChI=1S/C46H71O9P/c1-3-5-7-9-11-13-15-17-19-20-21-22-23-25-27-29-31-33-35-37-39-52-42-45(43-54-56(50,51)53-41-44(48)40-47)55-46(49)38-36-34-32-30-28-26-24-18-16-14-12-10-8-6-4-2/h5-8,11-14,17-19,21-22,24-25,27-28,30-31,33-34,36,44-45,47-48H,3-4,9-10,15-16,20,23,26,29,32,35,37-43H2,1-2H3,(H,50,51)/b7-5-,8-6-,13-11-,14-12-,19-17-,22-21-,24-18-,27-25-,30-28-,33-31-,36-34-. The molecule has 0 aliphatic heterocycles. The molecule has 3 atom stereocenters. The van der Waals surface area contributed by atoms with Crippen molar-refractivity contribution in [3.05, 3.63) is 134 Å². The monoisotopic (exact) mass is 798 g/mol. The van der Waals surface area contributed by atoms with Gasteiger partial charge in [-0.3, -0.25) is 13.8 Å². The second-order valence-corrected chi connectivity index (χ2v) is 14.0. The summed E-state index contributed by atoms with van der Waals surface area (Å²) in [6, 6.07) is 0. The second-order valence-electron chi connectivity index (χ2n) is 12.6. The molecular formula is C46H71O9P. The minimum Gasteiger partial charge on any atom is -0.457 e. The molecule has 0 heterocycles. The van der Waals surface area contributed by atoms with Crippen LogP contribution in [0.25, 0.3) is 0 Å². The number of carbonyl (C=O) groups excluding carboxylic acids is 1. The molecule has 9 nitrogen and oxygen atoms in total. The highest BCUT2D eigenvalue weighted by molar-refractivity contribution is 7.47. The van der Waals surface area contributed by atoms with Crippen molar-refractivity contribution < 1.29 is 43.0 Å². The molecule has 0 aromatic rings. The first kappa shape index (κ1) is 52.6. The predicted octanol–water partition coefficient (Wildman–Crippen LogP) is 11.0. The number of carbonyl (C=O) groups is 1. The summed E-state index contributed by atoms with van der Waals surface area (Å²) in [5.74, 6) is -0.536. The number of aliphatic hydroxyl groups excluding tert-OH is 2. The minimum absolute atomic E-state index is 0.0166. The van der Waals surface area contributed by atoms with Gasteiger partial charge in [-0.1, -0.05) is 148 Å². The number of esters is 1. The molecule has 3 N–H and O–H groups in total. The van der Waals surface area contributed by atoms with Crippen LogP contribution < -0.4 is 0 Å². The largest absolute Gasteiger partial charge is 0.472 e. The lowest BCUT2D eigenvalue weighted by Gasteiger charge is -2.20. The fraction of sp³-hybridized carbons (Fsp3) is 0.500. The van der Waals surface area contributed by atoms with Gasteiger partial charge in [0.05, 0.1) is 32.8 Å². The molecule has 0 rings (SSSR count). The summed E-state index contributed by atoms with van der Waals surface area (Å²) >= 11 is 0. The van der Waals surface area contributed by atoms with E-state index in [-0.39, 0.29) is 13.0 Å². The summed E-state index contributed by atoms with van der Waals surface area (Å²) in [4.78, 5) is 22.5. The zero-order chi connectivity index (χ0) is 41.1. The third-order valence-electron chi connectivity index (χ3n) is 7.36. The molecule has 0 saturated heterocycles. The van der Waals surface area contributed by atoms with Gasteiger partial charge in [-0.25, -0.2) is 4.57 Å². The van der Waals surface area contributed by atoms with Crippen molar-refractivity contribution in [1.29, 1.82) is 0 Å². The Morgan fingerprint density at radius 1 is 0.554 bits per heavy atom. The van der Waals surface area contributed by atoms with E-state index in [0.29, 0.717) is 13.0 Å². The number of phosphoric ester groups is 1. The van der Waals surface area contributed by atoms with Crippen molar-refractivity contribution in [2.75, 3.05) is 33.0 Å². The number of hydrogen-bond acceptors (Lipinski definition) is 8. The van der Waals surface area contributed by atoms with Crippen LogP contribution in [0.4, 0.5) is 0 Å². The topological polar surface area (TPSA) is 132 Å². The van der Waals surface area contributed by atoms with Crippen LogP contribution in [0, 0.1) is 0 Å². The number of aliphatic hydroxyl groups is 2. The van der Waals surface area contributed by atoms with E-state index in [1.54, 1.807) is 6.08 Å². The van der Waals surface area contributed by atoms with Crippen LogP contribution in [-0.4, -0.2) is 66.3 Å². The van der Waals surface area contributed by atoms with Gasteiger partial charge in [0.2, 0.25) is 0 Å². The first-order valence-corrected chi connectivity index (χ1v) is 21.7. The molecule has 314 valence electrons. The average Bonchev–Trinajstić information content (AvgIpc) is 3.19. The van der Waals surface area contributed by atoms with Crippen LogP contribution in [0.2, 0.25) is 0 Å².